The fourth-order valence-electron chi connectivity index (χ4n) is 3.96. The van der Waals surface area contributed by atoms with E-state index < -0.39 is 0 Å². The van der Waals surface area contributed by atoms with E-state index in [1.807, 2.05) is 55.4 Å². The van der Waals surface area contributed by atoms with Crippen molar-refractivity contribution in [3.8, 4) is 5.75 Å². The molecule has 0 aromatic heterocycles. The van der Waals surface area contributed by atoms with Crippen molar-refractivity contribution in [3.05, 3.63) is 53.6 Å². The van der Waals surface area contributed by atoms with Crippen molar-refractivity contribution in [3.63, 3.8) is 0 Å². The highest BCUT2D eigenvalue weighted by molar-refractivity contribution is 5.92. The largest absolute Gasteiger partial charge is 0.493 e. The number of ether oxygens (including phenoxy) is 1. The smallest absolute Gasteiger partial charge is 0.228 e. The first-order chi connectivity index (χ1) is 14.1. The summed E-state index contributed by atoms with van der Waals surface area (Å²) in [5.74, 6) is 1.31. The zero-order valence-corrected chi connectivity index (χ0v) is 17.0. The second kappa shape index (κ2) is 8.55. The van der Waals surface area contributed by atoms with E-state index in [0.29, 0.717) is 18.4 Å². The molecule has 2 N–H and O–H groups in total. The van der Waals surface area contributed by atoms with E-state index in [9.17, 15) is 4.79 Å². The molecule has 4 rings (SSSR count). The zero-order valence-electron chi connectivity index (χ0n) is 17.0. The summed E-state index contributed by atoms with van der Waals surface area (Å²) in [4.78, 5) is 19.1. The number of anilines is 2. The lowest BCUT2D eigenvalue weighted by Crippen LogP contribution is -2.22. The van der Waals surface area contributed by atoms with Gasteiger partial charge in [0, 0.05) is 32.0 Å². The quantitative estimate of drug-likeness (QED) is 0.792. The number of rotatable bonds is 6. The molecule has 0 bridgehead atoms. The van der Waals surface area contributed by atoms with E-state index in [2.05, 4.69) is 21.7 Å². The monoisotopic (exact) mass is 392 g/mol. The van der Waals surface area contributed by atoms with Crippen LogP contribution >= 0.6 is 0 Å². The van der Waals surface area contributed by atoms with Crippen LogP contribution in [0.5, 0.6) is 5.75 Å². The van der Waals surface area contributed by atoms with Gasteiger partial charge < -0.3 is 20.3 Å². The summed E-state index contributed by atoms with van der Waals surface area (Å²) in [5.41, 5.74) is 4.12. The van der Waals surface area contributed by atoms with Crippen molar-refractivity contribution in [1.29, 1.82) is 0 Å². The van der Waals surface area contributed by atoms with E-state index in [0.717, 1.165) is 48.7 Å². The Balaban J connectivity index is 1.42. The molecule has 2 aliphatic heterocycles. The maximum absolute atomic E-state index is 12.5. The summed E-state index contributed by atoms with van der Waals surface area (Å²) in [5, 5.41) is 6.22. The molecule has 2 aromatic rings. The Morgan fingerprint density at radius 3 is 2.79 bits per heavy atom. The van der Waals surface area contributed by atoms with Gasteiger partial charge in [-0.2, -0.15) is 0 Å². The topological polar surface area (TPSA) is 66.0 Å². The number of benzene rings is 2. The highest BCUT2D eigenvalue weighted by atomic mass is 16.5. The summed E-state index contributed by atoms with van der Waals surface area (Å²) < 4.78 is 5.83. The summed E-state index contributed by atoms with van der Waals surface area (Å²) in [7, 11) is 4.01. The Kier molecular flexibility index (Phi) is 5.69. The first kappa shape index (κ1) is 19.3. The van der Waals surface area contributed by atoms with Gasteiger partial charge in [0.1, 0.15) is 5.75 Å². The van der Waals surface area contributed by atoms with Crippen LogP contribution in [0.3, 0.4) is 0 Å². The minimum atomic E-state index is -0.0135. The molecular weight excluding hydrogens is 364 g/mol. The van der Waals surface area contributed by atoms with Gasteiger partial charge in [0.05, 0.1) is 25.4 Å². The lowest BCUT2D eigenvalue weighted by molar-refractivity contribution is -0.115. The molecule has 1 amide bonds. The molecule has 0 fully saturated rings. The first-order valence-corrected chi connectivity index (χ1v) is 10.2. The van der Waals surface area contributed by atoms with Crippen LogP contribution in [0.15, 0.2) is 47.5 Å². The normalized spacial score (nSPS) is 19.8. The number of nitrogens with one attached hydrogen (secondary N) is 2. The minimum absolute atomic E-state index is 0.0135. The second-order valence-corrected chi connectivity index (χ2v) is 7.95. The average molecular weight is 393 g/mol. The van der Waals surface area contributed by atoms with E-state index >= 15 is 0 Å². The van der Waals surface area contributed by atoms with Gasteiger partial charge in [-0.25, -0.2) is 0 Å². The Bertz CT molecular complexity index is 892. The third-order valence-electron chi connectivity index (χ3n) is 5.56. The average Bonchev–Trinajstić information content (AvgIpc) is 3.22. The van der Waals surface area contributed by atoms with Gasteiger partial charge >= 0.3 is 0 Å². The molecule has 0 aliphatic carbocycles. The zero-order chi connectivity index (χ0) is 20.2. The van der Waals surface area contributed by atoms with Crippen LogP contribution in [0, 0.1) is 0 Å². The molecule has 0 saturated carbocycles. The standard InChI is InChI=1S/C23H28N4O2/c1-27(2)20-6-3-16(4-7-20)11-23(28)26-18-5-8-22-21(13-18)17(9-10-29-22)12-19-14-24-15-25-19/h3-8,13,15,17,19H,9-12,14H2,1-2H3,(H,24,25)(H,26,28). The Morgan fingerprint density at radius 1 is 1.24 bits per heavy atom. The van der Waals surface area contributed by atoms with E-state index in [1.165, 1.54) is 5.56 Å². The fraction of sp³-hybridized carbons (Fsp3) is 0.391. The first-order valence-electron chi connectivity index (χ1n) is 10.2. The van der Waals surface area contributed by atoms with Gasteiger partial charge in [-0.3, -0.25) is 9.79 Å². The predicted octanol–water partition coefficient (Wildman–Crippen LogP) is 3.19. The minimum Gasteiger partial charge on any atom is -0.493 e. The predicted molar refractivity (Wildman–Crippen MR) is 117 cm³/mol. The highest BCUT2D eigenvalue weighted by Gasteiger charge is 2.25. The lowest BCUT2D eigenvalue weighted by Gasteiger charge is -2.27. The third-order valence-corrected chi connectivity index (χ3v) is 5.56. The van der Waals surface area contributed by atoms with Crippen LogP contribution < -0.4 is 20.3 Å². The van der Waals surface area contributed by atoms with Gasteiger partial charge in [0.15, 0.2) is 0 Å². The molecular formula is C23H28N4O2. The molecule has 152 valence electrons. The van der Waals surface area contributed by atoms with Crippen molar-refractivity contribution in [1.82, 2.24) is 5.32 Å². The van der Waals surface area contributed by atoms with Crippen molar-refractivity contribution in [2.45, 2.75) is 31.2 Å². The van der Waals surface area contributed by atoms with Crippen LogP contribution in [-0.4, -0.2) is 45.5 Å². The molecule has 2 atom stereocenters. The van der Waals surface area contributed by atoms with Crippen molar-refractivity contribution in [2.75, 3.05) is 37.5 Å². The Morgan fingerprint density at radius 2 is 2.07 bits per heavy atom. The summed E-state index contributed by atoms with van der Waals surface area (Å²) in [6.07, 6.45) is 4.13. The maximum Gasteiger partial charge on any atom is 0.228 e. The number of aliphatic imine (C=N–C) groups is 1. The lowest BCUT2D eigenvalue weighted by atomic mass is 9.87. The second-order valence-electron chi connectivity index (χ2n) is 7.95. The molecule has 2 heterocycles. The molecule has 0 radical (unpaired) electrons. The molecule has 6 heteroatoms. The van der Waals surface area contributed by atoms with Gasteiger partial charge in [-0.1, -0.05) is 12.1 Å². The number of carbonyl (C=O) groups excluding carboxylic acids is 1. The number of hydrogen-bond acceptors (Lipinski definition) is 5. The van der Waals surface area contributed by atoms with Crippen LogP contribution in [0.4, 0.5) is 11.4 Å². The van der Waals surface area contributed by atoms with Gasteiger partial charge in [0.25, 0.3) is 0 Å². The molecule has 6 nitrogen and oxygen atoms in total. The van der Waals surface area contributed by atoms with E-state index in [-0.39, 0.29) is 5.91 Å². The van der Waals surface area contributed by atoms with Crippen molar-refractivity contribution in [2.24, 2.45) is 4.99 Å². The molecule has 2 aromatic carbocycles. The van der Waals surface area contributed by atoms with Crippen LogP contribution in [0.1, 0.15) is 29.9 Å². The molecule has 2 unspecified atom stereocenters. The summed E-state index contributed by atoms with van der Waals surface area (Å²) in [6.45, 7) is 1.63. The van der Waals surface area contributed by atoms with Crippen molar-refractivity contribution >= 4 is 23.6 Å². The SMILES string of the molecule is CN(C)c1ccc(CC(=O)Nc2ccc3c(c2)C(CC2CNC=N2)CCO3)cc1. The Hall–Kier alpha value is -3.02. The molecule has 0 spiro atoms. The number of nitrogens with zero attached hydrogens (tertiary/aromatic N) is 2. The van der Waals surface area contributed by atoms with Gasteiger partial charge in [0.2, 0.25) is 5.91 Å². The summed E-state index contributed by atoms with van der Waals surface area (Å²) >= 11 is 0. The number of hydrogen-bond donors (Lipinski definition) is 2. The van der Waals surface area contributed by atoms with E-state index in [4.69, 9.17) is 4.74 Å². The Labute approximate surface area is 172 Å². The van der Waals surface area contributed by atoms with Gasteiger partial charge in [-0.15, -0.1) is 0 Å². The van der Waals surface area contributed by atoms with Crippen molar-refractivity contribution < 1.29 is 9.53 Å². The summed E-state index contributed by atoms with van der Waals surface area (Å²) in [6, 6.07) is 14.3. The number of fused-ring (bicyclic) bond motifs is 1. The van der Waals surface area contributed by atoms with Crippen LogP contribution in [0.25, 0.3) is 0 Å². The molecule has 0 saturated heterocycles. The molecule has 29 heavy (non-hydrogen) atoms. The third kappa shape index (κ3) is 4.70. The van der Waals surface area contributed by atoms with E-state index in [1.54, 1.807) is 6.34 Å². The fourth-order valence-corrected chi connectivity index (χ4v) is 3.96. The number of amides is 1. The van der Waals surface area contributed by atoms with Gasteiger partial charge in [-0.05, 0) is 60.2 Å². The molecule has 2 aliphatic rings. The number of carbonyl (C=O) groups is 1. The van der Waals surface area contributed by atoms with Crippen LogP contribution in [-0.2, 0) is 11.2 Å². The van der Waals surface area contributed by atoms with Crippen LogP contribution in [0.2, 0.25) is 0 Å². The highest BCUT2D eigenvalue weighted by Crippen LogP contribution is 2.38. The maximum atomic E-state index is 12.5.